The highest BCUT2D eigenvalue weighted by Gasteiger charge is 2.30. The van der Waals surface area contributed by atoms with E-state index in [0.29, 0.717) is 18.4 Å². The van der Waals surface area contributed by atoms with Gasteiger partial charge < -0.3 is 9.47 Å². The molecule has 0 saturated heterocycles. The molecule has 4 aromatic rings. The van der Waals surface area contributed by atoms with Gasteiger partial charge in [-0.15, -0.1) is 0 Å². The Bertz CT molecular complexity index is 1240. The number of carbonyl (C=O) groups excluding carboxylic acids is 1. The minimum atomic E-state index is 0.0449. The van der Waals surface area contributed by atoms with Crippen molar-refractivity contribution in [3.05, 3.63) is 77.7 Å². The molecule has 6 heteroatoms. The van der Waals surface area contributed by atoms with Crippen LogP contribution in [0.25, 0.3) is 16.8 Å². The molecule has 0 radical (unpaired) electrons. The Morgan fingerprint density at radius 1 is 0.967 bits per heavy atom. The maximum Gasteiger partial charge on any atom is 0.166 e. The summed E-state index contributed by atoms with van der Waals surface area (Å²) < 4.78 is 12.5. The first-order valence-electron chi connectivity index (χ1n) is 9.85. The molecule has 0 bridgehead atoms. The first kappa shape index (κ1) is 18.4. The molecule has 0 N–H and O–H groups in total. The van der Waals surface area contributed by atoms with Gasteiger partial charge in [-0.2, -0.15) is 5.10 Å². The molecule has 1 unspecified atom stereocenters. The van der Waals surface area contributed by atoms with Crippen molar-refractivity contribution in [2.45, 2.75) is 18.8 Å². The van der Waals surface area contributed by atoms with Crippen molar-refractivity contribution in [1.29, 1.82) is 0 Å². The van der Waals surface area contributed by atoms with Crippen molar-refractivity contribution < 1.29 is 14.3 Å². The molecule has 1 aliphatic carbocycles. The molecule has 0 aliphatic heterocycles. The van der Waals surface area contributed by atoms with Crippen LogP contribution in [0.15, 0.2) is 60.9 Å². The lowest BCUT2D eigenvalue weighted by Gasteiger charge is -2.24. The van der Waals surface area contributed by atoms with Crippen LogP contribution in [0.3, 0.4) is 0 Å². The van der Waals surface area contributed by atoms with E-state index in [0.717, 1.165) is 39.5 Å². The van der Waals surface area contributed by atoms with Gasteiger partial charge in [0, 0.05) is 24.1 Å². The predicted molar refractivity (Wildman–Crippen MR) is 113 cm³/mol. The molecular formula is C24H21N3O3. The van der Waals surface area contributed by atoms with Crippen molar-refractivity contribution in [2.24, 2.45) is 0 Å². The number of benzene rings is 2. The minimum Gasteiger partial charge on any atom is -0.497 e. The molecular weight excluding hydrogens is 378 g/mol. The van der Waals surface area contributed by atoms with E-state index >= 15 is 0 Å². The lowest BCUT2D eigenvalue weighted by molar-refractivity contribution is 0.0962. The Labute approximate surface area is 174 Å². The molecule has 6 nitrogen and oxygen atoms in total. The summed E-state index contributed by atoms with van der Waals surface area (Å²) in [6.07, 6.45) is 4.72. The second-order valence-electron chi connectivity index (χ2n) is 7.43. The lowest BCUT2D eigenvalue weighted by atomic mass is 9.82. The molecule has 1 atom stereocenters. The topological polar surface area (TPSA) is 65.7 Å². The summed E-state index contributed by atoms with van der Waals surface area (Å²) in [6.45, 7) is 0. The van der Waals surface area contributed by atoms with Crippen molar-refractivity contribution >= 4 is 11.4 Å². The Morgan fingerprint density at radius 2 is 1.77 bits per heavy atom. The second kappa shape index (κ2) is 7.30. The lowest BCUT2D eigenvalue weighted by Crippen LogP contribution is -2.21. The molecule has 2 aromatic heterocycles. The molecule has 0 spiro atoms. The summed E-state index contributed by atoms with van der Waals surface area (Å²) in [7, 11) is 3.31. The zero-order valence-electron chi connectivity index (χ0n) is 16.8. The van der Waals surface area contributed by atoms with Crippen molar-refractivity contribution in [3.8, 4) is 22.6 Å². The van der Waals surface area contributed by atoms with E-state index in [2.05, 4.69) is 5.10 Å². The third-order valence-electron chi connectivity index (χ3n) is 5.72. The number of rotatable bonds is 4. The zero-order valence-corrected chi connectivity index (χ0v) is 16.8. The van der Waals surface area contributed by atoms with Gasteiger partial charge in [0.25, 0.3) is 0 Å². The fraction of sp³-hybridized carbons (Fsp3) is 0.208. The van der Waals surface area contributed by atoms with E-state index in [1.807, 2.05) is 54.7 Å². The number of aromatic nitrogens is 3. The van der Waals surface area contributed by atoms with E-state index in [1.165, 1.54) is 0 Å². The summed E-state index contributed by atoms with van der Waals surface area (Å²) in [5.41, 5.74) is 5.17. The number of fused-ring (bicyclic) bond motifs is 2. The quantitative estimate of drug-likeness (QED) is 0.511. The van der Waals surface area contributed by atoms with E-state index in [-0.39, 0.29) is 11.7 Å². The van der Waals surface area contributed by atoms with Crippen LogP contribution in [-0.2, 0) is 6.42 Å². The summed E-state index contributed by atoms with van der Waals surface area (Å²) >= 11 is 0. The minimum absolute atomic E-state index is 0.0449. The van der Waals surface area contributed by atoms with Crippen molar-refractivity contribution in [1.82, 2.24) is 14.6 Å². The summed E-state index contributed by atoms with van der Waals surface area (Å²) in [4.78, 5) is 17.8. The Balaban J connectivity index is 1.57. The van der Waals surface area contributed by atoms with Gasteiger partial charge in [-0.05, 0) is 35.7 Å². The number of methoxy groups -OCH3 is 2. The van der Waals surface area contributed by atoms with Gasteiger partial charge >= 0.3 is 0 Å². The number of nitrogens with zero attached hydrogens (tertiary/aromatic N) is 3. The molecule has 150 valence electrons. The highest BCUT2D eigenvalue weighted by molar-refractivity contribution is 5.99. The number of carbonyl (C=O) groups is 1. The number of ether oxygens (including phenoxy) is 2. The average molecular weight is 399 g/mol. The molecule has 30 heavy (non-hydrogen) atoms. The van der Waals surface area contributed by atoms with Crippen LogP contribution in [0.4, 0.5) is 0 Å². The van der Waals surface area contributed by atoms with Gasteiger partial charge in [-0.1, -0.05) is 30.3 Å². The summed E-state index contributed by atoms with van der Waals surface area (Å²) in [5.74, 6) is 1.74. The van der Waals surface area contributed by atoms with Crippen LogP contribution in [-0.4, -0.2) is 34.6 Å². The SMILES string of the molecule is COc1ccc(-c2cnn3cc4c(nc23)CC(c2ccccc2OC)CC4=O)cc1. The first-order valence-corrected chi connectivity index (χ1v) is 9.85. The average Bonchev–Trinajstić information content (AvgIpc) is 3.20. The van der Waals surface area contributed by atoms with Gasteiger partial charge in [0.2, 0.25) is 0 Å². The van der Waals surface area contributed by atoms with Crippen LogP contribution < -0.4 is 9.47 Å². The van der Waals surface area contributed by atoms with Gasteiger partial charge in [0.1, 0.15) is 11.5 Å². The number of ketones is 1. The number of para-hydroxylation sites is 1. The Hall–Kier alpha value is -3.67. The van der Waals surface area contributed by atoms with Crippen LogP contribution >= 0.6 is 0 Å². The molecule has 2 aromatic carbocycles. The van der Waals surface area contributed by atoms with Gasteiger partial charge in [0.05, 0.1) is 31.7 Å². The second-order valence-corrected chi connectivity index (χ2v) is 7.43. The van der Waals surface area contributed by atoms with Crippen LogP contribution in [0.2, 0.25) is 0 Å². The predicted octanol–water partition coefficient (Wildman–Crippen LogP) is 4.33. The normalized spacial score (nSPS) is 15.8. The standard InChI is InChI=1S/C24H21N3O3/c1-29-17-9-7-15(8-10-17)19-13-25-27-14-20-21(26-24(19)27)11-16(12-22(20)28)18-5-3-4-6-23(18)30-2/h3-10,13-14,16H,11-12H2,1-2H3. The molecule has 0 saturated carbocycles. The van der Waals surface area contributed by atoms with Crippen molar-refractivity contribution in [3.63, 3.8) is 0 Å². The summed E-state index contributed by atoms with van der Waals surface area (Å²) in [5, 5.41) is 4.44. The van der Waals surface area contributed by atoms with Crippen LogP contribution in [0.5, 0.6) is 11.5 Å². The molecule has 0 amide bonds. The molecule has 2 heterocycles. The fourth-order valence-electron chi connectivity index (χ4n) is 4.17. The maximum absolute atomic E-state index is 12.9. The fourth-order valence-corrected chi connectivity index (χ4v) is 4.17. The first-order chi connectivity index (χ1) is 14.7. The smallest absolute Gasteiger partial charge is 0.166 e. The highest BCUT2D eigenvalue weighted by atomic mass is 16.5. The molecule has 5 rings (SSSR count). The molecule has 1 aliphatic rings. The zero-order chi connectivity index (χ0) is 20.7. The Morgan fingerprint density at radius 3 is 2.53 bits per heavy atom. The van der Waals surface area contributed by atoms with Crippen LogP contribution in [0.1, 0.15) is 34.0 Å². The van der Waals surface area contributed by atoms with Gasteiger partial charge in [-0.3, -0.25) is 4.79 Å². The van der Waals surface area contributed by atoms with Crippen LogP contribution in [0, 0.1) is 0 Å². The Kier molecular flexibility index (Phi) is 4.47. The van der Waals surface area contributed by atoms with E-state index in [9.17, 15) is 4.79 Å². The van der Waals surface area contributed by atoms with Gasteiger partial charge in [-0.25, -0.2) is 9.50 Å². The van der Waals surface area contributed by atoms with Gasteiger partial charge in [0.15, 0.2) is 11.4 Å². The largest absolute Gasteiger partial charge is 0.497 e. The summed E-state index contributed by atoms with van der Waals surface area (Å²) in [6, 6.07) is 15.7. The molecule has 0 fully saturated rings. The number of Topliss-reactive ketones (excluding diaryl/α,β-unsaturated/α-hetero) is 1. The number of hydrogen-bond donors (Lipinski definition) is 0. The maximum atomic E-state index is 12.9. The third kappa shape index (κ3) is 3.01. The highest BCUT2D eigenvalue weighted by Crippen LogP contribution is 2.37. The van der Waals surface area contributed by atoms with E-state index in [1.54, 1.807) is 24.9 Å². The third-order valence-corrected chi connectivity index (χ3v) is 5.72. The monoisotopic (exact) mass is 399 g/mol. The van der Waals surface area contributed by atoms with E-state index < -0.39 is 0 Å². The van der Waals surface area contributed by atoms with E-state index in [4.69, 9.17) is 14.5 Å². The van der Waals surface area contributed by atoms with Crippen molar-refractivity contribution in [2.75, 3.05) is 14.2 Å². The number of hydrogen-bond acceptors (Lipinski definition) is 5.